The van der Waals surface area contributed by atoms with Gasteiger partial charge in [0, 0.05) is 11.5 Å². The first-order chi connectivity index (χ1) is 9.15. The molecular formula is C16H16Cl2O. The molecule has 0 heterocycles. The minimum absolute atomic E-state index is 0.0113. The highest BCUT2D eigenvalue weighted by Crippen LogP contribution is 2.38. The molecule has 0 radical (unpaired) electrons. The van der Waals surface area contributed by atoms with Crippen molar-refractivity contribution in [2.45, 2.75) is 25.4 Å². The van der Waals surface area contributed by atoms with Gasteiger partial charge in [-0.15, -0.1) is 0 Å². The summed E-state index contributed by atoms with van der Waals surface area (Å²) in [6.07, 6.45) is 0.173. The Bertz CT molecular complexity index is 540. The molecule has 2 aromatic rings. The predicted octanol–water partition coefficient (Wildman–Crippen LogP) is 5.22. The van der Waals surface area contributed by atoms with Gasteiger partial charge in [0.15, 0.2) is 0 Å². The van der Waals surface area contributed by atoms with Crippen LogP contribution >= 0.6 is 23.2 Å². The largest absolute Gasteiger partial charge is 0.388 e. The van der Waals surface area contributed by atoms with Crippen molar-refractivity contribution in [3.63, 3.8) is 0 Å². The zero-order valence-electron chi connectivity index (χ0n) is 10.7. The Labute approximate surface area is 123 Å². The molecule has 0 aliphatic rings. The molecule has 3 heteroatoms. The van der Waals surface area contributed by atoms with E-state index in [1.807, 2.05) is 42.5 Å². The lowest BCUT2D eigenvalue weighted by Gasteiger charge is -2.23. The van der Waals surface area contributed by atoms with Crippen molar-refractivity contribution >= 4 is 23.2 Å². The van der Waals surface area contributed by atoms with Gasteiger partial charge in [-0.1, -0.05) is 72.6 Å². The third-order valence-corrected chi connectivity index (χ3v) is 4.18. The Balaban J connectivity index is 2.36. The van der Waals surface area contributed by atoms with Crippen LogP contribution in [-0.4, -0.2) is 5.11 Å². The van der Waals surface area contributed by atoms with Crippen LogP contribution in [0.1, 0.15) is 36.5 Å². The van der Waals surface area contributed by atoms with Crippen molar-refractivity contribution < 1.29 is 5.11 Å². The fraction of sp³-hybridized carbons (Fsp3) is 0.250. The van der Waals surface area contributed by atoms with Crippen molar-refractivity contribution in [1.29, 1.82) is 0 Å². The number of benzene rings is 2. The summed E-state index contributed by atoms with van der Waals surface area (Å²) in [5.74, 6) is 0.0113. The van der Waals surface area contributed by atoms with E-state index >= 15 is 0 Å². The number of aliphatic hydroxyl groups is 1. The smallest absolute Gasteiger partial charge is 0.0873 e. The zero-order valence-corrected chi connectivity index (χ0v) is 12.2. The molecule has 0 bridgehead atoms. The van der Waals surface area contributed by atoms with E-state index in [4.69, 9.17) is 23.2 Å². The standard InChI is InChI=1S/C16H16Cl2O/c1-2-12(11-7-4-3-5-8-11)16(19)13-9-6-10-14(17)15(13)18/h3-10,12,16,19H,2H2,1H3. The van der Waals surface area contributed by atoms with Gasteiger partial charge >= 0.3 is 0 Å². The maximum Gasteiger partial charge on any atom is 0.0873 e. The summed E-state index contributed by atoms with van der Waals surface area (Å²) < 4.78 is 0. The van der Waals surface area contributed by atoms with Gasteiger partial charge in [-0.05, 0) is 18.1 Å². The van der Waals surface area contributed by atoms with Crippen molar-refractivity contribution in [2.75, 3.05) is 0 Å². The predicted molar refractivity (Wildman–Crippen MR) is 80.9 cm³/mol. The number of hydrogen-bond acceptors (Lipinski definition) is 1. The molecule has 1 N–H and O–H groups in total. The average molecular weight is 295 g/mol. The van der Waals surface area contributed by atoms with E-state index in [0.29, 0.717) is 15.6 Å². The fourth-order valence-electron chi connectivity index (χ4n) is 2.31. The molecular weight excluding hydrogens is 279 g/mol. The van der Waals surface area contributed by atoms with E-state index in [1.54, 1.807) is 6.07 Å². The molecule has 0 saturated carbocycles. The molecule has 0 spiro atoms. The SMILES string of the molecule is CCC(c1ccccc1)C(O)c1cccc(Cl)c1Cl. The molecule has 2 aromatic carbocycles. The topological polar surface area (TPSA) is 20.2 Å². The van der Waals surface area contributed by atoms with Crippen molar-refractivity contribution in [1.82, 2.24) is 0 Å². The van der Waals surface area contributed by atoms with Gasteiger partial charge in [0.25, 0.3) is 0 Å². The van der Waals surface area contributed by atoms with Gasteiger partial charge in [-0.3, -0.25) is 0 Å². The van der Waals surface area contributed by atoms with Crippen LogP contribution in [0, 0.1) is 0 Å². The Morgan fingerprint density at radius 3 is 2.32 bits per heavy atom. The Kier molecular flexibility index (Phi) is 4.87. The van der Waals surface area contributed by atoms with Crippen LogP contribution in [0.2, 0.25) is 10.0 Å². The lowest BCUT2D eigenvalue weighted by Crippen LogP contribution is -2.10. The lowest BCUT2D eigenvalue weighted by atomic mass is 9.87. The molecule has 0 saturated heterocycles. The molecule has 0 aliphatic heterocycles. The molecule has 2 atom stereocenters. The fourth-order valence-corrected chi connectivity index (χ4v) is 2.73. The number of halogens is 2. The van der Waals surface area contributed by atoms with Crippen LogP contribution in [0.5, 0.6) is 0 Å². The van der Waals surface area contributed by atoms with Crippen molar-refractivity contribution in [3.05, 3.63) is 69.7 Å². The highest BCUT2D eigenvalue weighted by atomic mass is 35.5. The van der Waals surface area contributed by atoms with Crippen LogP contribution in [0.4, 0.5) is 0 Å². The van der Waals surface area contributed by atoms with Crippen molar-refractivity contribution in [2.24, 2.45) is 0 Å². The Morgan fingerprint density at radius 1 is 1.00 bits per heavy atom. The molecule has 100 valence electrons. The second-order valence-electron chi connectivity index (χ2n) is 4.51. The highest BCUT2D eigenvalue weighted by molar-refractivity contribution is 6.42. The molecule has 19 heavy (non-hydrogen) atoms. The van der Waals surface area contributed by atoms with Crippen LogP contribution in [0.25, 0.3) is 0 Å². The molecule has 2 unspecified atom stereocenters. The molecule has 0 aromatic heterocycles. The normalized spacial score (nSPS) is 14.1. The van der Waals surface area contributed by atoms with E-state index in [9.17, 15) is 5.11 Å². The number of aliphatic hydroxyl groups excluding tert-OH is 1. The van der Waals surface area contributed by atoms with Crippen LogP contribution in [0.15, 0.2) is 48.5 Å². The van der Waals surface area contributed by atoms with E-state index in [2.05, 4.69) is 6.92 Å². The lowest BCUT2D eigenvalue weighted by molar-refractivity contribution is 0.142. The average Bonchev–Trinajstić information content (AvgIpc) is 2.44. The molecule has 0 fully saturated rings. The molecule has 0 aliphatic carbocycles. The van der Waals surface area contributed by atoms with E-state index in [0.717, 1.165) is 12.0 Å². The van der Waals surface area contributed by atoms with Crippen LogP contribution < -0.4 is 0 Å². The summed E-state index contributed by atoms with van der Waals surface area (Å²) in [5, 5.41) is 11.5. The zero-order chi connectivity index (χ0) is 13.8. The number of rotatable bonds is 4. The van der Waals surface area contributed by atoms with Gasteiger partial charge in [-0.2, -0.15) is 0 Å². The summed E-state index contributed by atoms with van der Waals surface area (Å²) in [6, 6.07) is 15.3. The first-order valence-corrected chi connectivity index (χ1v) is 7.07. The van der Waals surface area contributed by atoms with Gasteiger partial charge in [0.05, 0.1) is 16.1 Å². The Hall–Kier alpha value is -1.02. The second-order valence-corrected chi connectivity index (χ2v) is 5.30. The third kappa shape index (κ3) is 3.11. The Morgan fingerprint density at radius 2 is 1.68 bits per heavy atom. The van der Waals surface area contributed by atoms with Gasteiger partial charge in [0.1, 0.15) is 0 Å². The van der Waals surface area contributed by atoms with E-state index in [-0.39, 0.29) is 5.92 Å². The molecule has 0 amide bonds. The first kappa shape index (κ1) is 14.4. The highest BCUT2D eigenvalue weighted by Gasteiger charge is 2.23. The van der Waals surface area contributed by atoms with Crippen molar-refractivity contribution in [3.8, 4) is 0 Å². The van der Waals surface area contributed by atoms with Crippen LogP contribution in [-0.2, 0) is 0 Å². The quantitative estimate of drug-likeness (QED) is 0.819. The molecule has 1 nitrogen and oxygen atoms in total. The third-order valence-electron chi connectivity index (χ3n) is 3.35. The van der Waals surface area contributed by atoms with Gasteiger partial charge in [0.2, 0.25) is 0 Å². The minimum atomic E-state index is -0.654. The summed E-state index contributed by atoms with van der Waals surface area (Å²) >= 11 is 12.2. The maximum atomic E-state index is 10.6. The summed E-state index contributed by atoms with van der Waals surface area (Å²) in [4.78, 5) is 0. The minimum Gasteiger partial charge on any atom is -0.388 e. The summed E-state index contributed by atoms with van der Waals surface area (Å²) in [6.45, 7) is 2.05. The van der Waals surface area contributed by atoms with Gasteiger partial charge in [-0.25, -0.2) is 0 Å². The summed E-state index contributed by atoms with van der Waals surface area (Å²) in [5.41, 5.74) is 1.79. The maximum absolute atomic E-state index is 10.6. The second kappa shape index (κ2) is 6.42. The first-order valence-electron chi connectivity index (χ1n) is 6.32. The van der Waals surface area contributed by atoms with E-state index < -0.39 is 6.10 Å². The number of hydrogen-bond donors (Lipinski definition) is 1. The summed E-state index contributed by atoms with van der Waals surface area (Å²) in [7, 11) is 0. The molecule has 2 rings (SSSR count). The van der Waals surface area contributed by atoms with E-state index in [1.165, 1.54) is 0 Å². The monoisotopic (exact) mass is 294 g/mol. The van der Waals surface area contributed by atoms with Crippen LogP contribution in [0.3, 0.4) is 0 Å². The van der Waals surface area contributed by atoms with Gasteiger partial charge < -0.3 is 5.11 Å².